The van der Waals surface area contributed by atoms with E-state index in [2.05, 4.69) is 39.8 Å². The lowest BCUT2D eigenvalue weighted by Gasteiger charge is -2.14. The molecule has 0 aliphatic heterocycles. The minimum Gasteiger partial charge on any atom is -0.481 e. The summed E-state index contributed by atoms with van der Waals surface area (Å²) in [5.41, 5.74) is 9.95. The molecule has 0 atom stereocenters. The van der Waals surface area contributed by atoms with Crippen LogP contribution in [0.3, 0.4) is 0 Å². The predicted molar refractivity (Wildman–Crippen MR) is 155 cm³/mol. The van der Waals surface area contributed by atoms with Crippen molar-refractivity contribution < 1.29 is 9.47 Å². The first-order chi connectivity index (χ1) is 18.7. The summed E-state index contributed by atoms with van der Waals surface area (Å²) in [6, 6.07) is 17.7. The smallest absolute Gasteiger partial charge is 0.267 e. The molecule has 5 rings (SSSR count). The average molecular weight is 542 g/mol. The second-order valence-corrected chi connectivity index (χ2v) is 16.0. The van der Waals surface area contributed by atoms with Crippen LogP contribution in [0.1, 0.15) is 0 Å². The molecule has 3 aromatic heterocycles. The molecule has 10 nitrogen and oxygen atoms in total. The first-order valence-corrected chi connectivity index (χ1v) is 16.3. The van der Waals surface area contributed by atoms with E-state index in [9.17, 15) is 4.79 Å². The molecule has 2 aromatic carbocycles. The standard InChI is InChI=1S/C28H31N7O3Si/c1-37-26-22(25-17-31-34(33-25)18-38-12-13-39(2,3)4)15-20(16-30-26)19-10-11-24-23(14-19)27(36)35(28(29)32-24)21-8-6-5-7-9-21/h5-11,14-17H,12-13,18H2,1-4H3,(H2,29,32). The molecular formula is C28H31N7O3Si. The van der Waals surface area contributed by atoms with Gasteiger partial charge < -0.3 is 15.2 Å². The van der Waals surface area contributed by atoms with Crippen molar-refractivity contribution in [2.24, 2.45) is 0 Å². The van der Waals surface area contributed by atoms with Crippen LogP contribution in [0.4, 0.5) is 5.95 Å². The Morgan fingerprint density at radius 3 is 2.54 bits per heavy atom. The third-order valence-corrected chi connectivity index (χ3v) is 8.01. The fourth-order valence-electron chi connectivity index (χ4n) is 4.17. The van der Waals surface area contributed by atoms with Crippen molar-refractivity contribution in [3.8, 4) is 34.0 Å². The summed E-state index contributed by atoms with van der Waals surface area (Å²) in [5, 5.41) is 9.37. The Hall–Kier alpha value is -4.35. The maximum Gasteiger partial charge on any atom is 0.267 e. The third kappa shape index (κ3) is 5.74. The van der Waals surface area contributed by atoms with E-state index in [-0.39, 0.29) is 18.2 Å². The van der Waals surface area contributed by atoms with Crippen LogP contribution in [-0.2, 0) is 11.5 Å². The third-order valence-electron chi connectivity index (χ3n) is 6.30. The number of para-hydroxylation sites is 1. The number of nitrogens with two attached hydrogens (primary N) is 1. The molecule has 39 heavy (non-hydrogen) atoms. The lowest BCUT2D eigenvalue weighted by atomic mass is 10.0. The second kappa shape index (κ2) is 10.8. The first kappa shape index (κ1) is 26.3. The molecule has 2 N–H and O–H groups in total. The van der Waals surface area contributed by atoms with E-state index in [4.69, 9.17) is 15.2 Å². The van der Waals surface area contributed by atoms with Gasteiger partial charge in [0.05, 0.1) is 35.5 Å². The number of nitrogens with zero attached hydrogens (tertiary/aromatic N) is 6. The van der Waals surface area contributed by atoms with Gasteiger partial charge in [-0.2, -0.15) is 15.0 Å². The SMILES string of the molecule is COc1ncc(-c2ccc3nc(N)n(-c4ccccc4)c(=O)c3c2)cc1-c1cnn(COCC[Si](C)(C)C)n1. The van der Waals surface area contributed by atoms with Crippen LogP contribution in [-0.4, -0.2) is 51.3 Å². The largest absolute Gasteiger partial charge is 0.481 e. The van der Waals surface area contributed by atoms with Crippen LogP contribution in [0.2, 0.25) is 25.7 Å². The van der Waals surface area contributed by atoms with Gasteiger partial charge in [-0.25, -0.2) is 14.5 Å². The maximum atomic E-state index is 13.5. The molecule has 0 saturated heterocycles. The summed E-state index contributed by atoms with van der Waals surface area (Å²) >= 11 is 0. The van der Waals surface area contributed by atoms with Crippen LogP contribution in [0, 0.1) is 0 Å². The quantitative estimate of drug-likeness (QED) is 0.212. The fourth-order valence-corrected chi connectivity index (χ4v) is 4.93. The van der Waals surface area contributed by atoms with Crippen molar-refractivity contribution in [2.45, 2.75) is 32.4 Å². The molecular weight excluding hydrogens is 510 g/mol. The number of anilines is 1. The molecule has 0 spiro atoms. The Bertz CT molecular complexity index is 1680. The van der Waals surface area contributed by atoms with Crippen LogP contribution in [0.25, 0.3) is 39.0 Å². The Kier molecular flexibility index (Phi) is 7.27. The summed E-state index contributed by atoms with van der Waals surface area (Å²) in [4.78, 5) is 23.9. The summed E-state index contributed by atoms with van der Waals surface area (Å²) in [6.45, 7) is 7.89. The molecule has 0 amide bonds. The lowest BCUT2D eigenvalue weighted by molar-refractivity contribution is 0.0686. The molecule has 0 radical (unpaired) electrons. The number of hydrogen-bond acceptors (Lipinski definition) is 8. The first-order valence-electron chi connectivity index (χ1n) is 12.6. The van der Waals surface area contributed by atoms with Crippen molar-refractivity contribution in [3.05, 3.63) is 77.3 Å². The highest BCUT2D eigenvalue weighted by molar-refractivity contribution is 6.76. The van der Waals surface area contributed by atoms with Gasteiger partial charge >= 0.3 is 0 Å². The highest BCUT2D eigenvalue weighted by Gasteiger charge is 2.16. The van der Waals surface area contributed by atoms with Crippen molar-refractivity contribution >= 4 is 24.9 Å². The van der Waals surface area contributed by atoms with Gasteiger partial charge in [0, 0.05) is 26.4 Å². The zero-order chi connectivity index (χ0) is 27.6. The summed E-state index contributed by atoms with van der Waals surface area (Å²) < 4.78 is 12.7. The van der Waals surface area contributed by atoms with Gasteiger partial charge in [0.1, 0.15) is 5.69 Å². The highest BCUT2D eigenvalue weighted by atomic mass is 28.3. The number of pyridine rings is 1. The van der Waals surface area contributed by atoms with Gasteiger partial charge in [0.15, 0.2) is 6.73 Å². The maximum absolute atomic E-state index is 13.5. The number of aromatic nitrogens is 6. The Morgan fingerprint density at radius 1 is 1.00 bits per heavy atom. The van der Waals surface area contributed by atoms with Crippen molar-refractivity contribution in [1.29, 1.82) is 0 Å². The molecule has 3 heterocycles. The number of nitrogen functional groups attached to an aromatic ring is 1. The van der Waals surface area contributed by atoms with E-state index in [1.165, 1.54) is 9.36 Å². The van der Waals surface area contributed by atoms with Gasteiger partial charge in [0.25, 0.3) is 5.56 Å². The summed E-state index contributed by atoms with van der Waals surface area (Å²) in [5.74, 6) is 0.555. The highest BCUT2D eigenvalue weighted by Crippen LogP contribution is 2.32. The molecule has 11 heteroatoms. The zero-order valence-corrected chi connectivity index (χ0v) is 23.5. The van der Waals surface area contributed by atoms with Gasteiger partial charge in [-0.05, 0) is 41.9 Å². The summed E-state index contributed by atoms with van der Waals surface area (Å²) in [7, 11) is 0.394. The van der Waals surface area contributed by atoms with Crippen molar-refractivity contribution in [1.82, 2.24) is 29.5 Å². The molecule has 5 aromatic rings. The van der Waals surface area contributed by atoms with Crippen LogP contribution in [0.5, 0.6) is 5.88 Å². The minimum atomic E-state index is -1.17. The van der Waals surface area contributed by atoms with E-state index in [1.54, 1.807) is 31.6 Å². The Morgan fingerprint density at radius 2 is 1.79 bits per heavy atom. The van der Waals surface area contributed by atoms with E-state index in [0.717, 1.165) is 17.2 Å². The lowest BCUT2D eigenvalue weighted by Crippen LogP contribution is -2.23. The number of ether oxygens (including phenoxy) is 2. The molecule has 0 fully saturated rings. The van der Waals surface area contributed by atoms with E-state index in [0.29, 0.717) is 40.3 Å². The second-order valence-electron chi connectivity index (χ2n) is 10.4. The normalized spacial score (nSPS) is 11.7. The van der Waals surface area contributed by atoms with Gasteiger partial charge in [-0.3, -0.25) is 4.79 Å². The van der Waals surface area contributed by atoms with Crippen LogP contribution < -0.4 is 16.0 Å². The van der Waals surface area contributed by atoms with Gasteiger partial charge in [-0.15, -0.1) is 0 Å². The van der Waals surface area contributed by atoms with Crippen molar-refractivity contribution in [2.75, 3.05) is 19.5 Å². The Labute approximate surface area is 227 Å². The molecule has 0 saturated carbocycles. The number of methoxy groups -OCH3 is 1. The number of hydrogen-bond donors (Lipinski definition) is 1. The van der Waals surface area contributed by atoms with Gasteiger partial charge in [-0.1, -0.05) is 43.9 Å². The predicted octanol–water partition coefficient (Wildman–Crippen LogP) is 4.61. The number of fused-ring (bicyclic) bond motifs is 1. The van der Waals surface area contributed by atoms with Crippen LogP contribution >= 0.6 is 0 Å². The van der Waals surface area contributed by atoms with E-state index >= 15 is 0 Å². The van der Waals surface area contributed by atoms with Crippen molar-refractivity contribution in [3.63, 3.8) is 0 Å². The fraction of sp³-hybridized carbons (Fsp3) is 0.250. The Balaban J connectivity index is 1.48. The van der Waals surface area contributed by atoms with E-state index < -0.39 is 8.07 Å². The molecule has 0 aliphatic carbocycles. The van der Waals surface area contributed by atoms with E-state index in [1.807, 2.05) is 42.5 Å². The average Bonchev–Trinajstić information content (AvgIpc) is 3.39. The zero-order valence-electron chi connectivity index (χ0n) is 22.5. The summed E-state index contributed by atoms with van der Waals surface area (Å²) in [6.07, 6.45) is 3.37. The molecule has 0 aliphatic rings. The van der Waals surface area contributed by atoms with Crippen LogP contribution in [0.15, 0.2) is 71.8 Å². The minimum absolute atomic E-state index is 0.132. The topological polar surface area (TPSA) is 123 Å². The molecule has 0 bridgehead atoms. The molecule has 200 valence electrons. The monoisotopic (exact) mass is 541 g/mol. The number of benzene rings is 2. The number of rotatable bonds is 9. The van der Waals surface area contributed by atoms with Gasteiger partial charge in [0.2, 0.25) is 11.8 Å². The molecule has 0 unspecified atom stereocenters.